The zero-order valence-corrected chi connectivity index (χ0v) is 6.80. The van der Waals surface area contributed by atoms with Crippen molar-refractivity contribution < 1.29 is 9.13 Å². The first-order chi connectivity index (χ1) is 4.66. The van der Waals surface area contributed by atoms with Crippen molar-refractivity contribution in [1.29, 1.82) is 0 Å². The third kappa shape index (κ3) is 1.17. The molecule has 1 nitrogen and oxygen atoms in total. The third-order valence-corrected chi connectivity index (χ3v) is 2.33. The first kappa shape index (κ1) is 7.99. The summed E-state index contributed by atoms with van der Waals surface area (Å²) in [4.78, 5) is 0. The fourth-order valence-electron chi connectivity index (χ4n) is 1.58. The highest BCUT2D eigenvalue weighted by Gasteiger charge is 2.38. The maximum atomic E-state index is 13.0. The molecule has 0 aromatic carbocycles. The molecule has 0 saturated carbocycles. The second-order valence-corrected chi connectivity index (χ2v) is 3.09. The van der Waals surface area contributed by atoms with E-state index < -0.39 is 6.17 Å². The van der Waals surface area contributed by atoms with Gasteiger partial charge in [-0.25, -0.2) is 4.39 Å². The molecule has 0 amide bonds. The van der Waals surface area contributed by atoms with E-state index in [1.807, 2.05) is 13.8 Å². The van der Waals surface area contributed by atoms with Crippen LogP contribution >= 0.6 is 0 Å². The molecule has 60 valence electrons. The summed E-state index contributed by atoms with van der Waals surface area (Å²) in [5.41, 5.74) is 0. The predicted molar refractivity (Wildman–Crippen MR) is 38.7 cm³/mol. The molecule has 0 N–H and O–H groups in total. The van der Waals surface area contributed by atoms with Crippen molar-refractivity contribution in [3.05, 3.63) is 0 Å². The fourth-order valence-corrected chi connectivity index (χ4v) is 1.58. The van der Waals surface area contributed by atoms with Gasteiger partial charge in [-0.3, -0.25) is 0 Å². The lowest BCUT2D eigenvalue weighted by Crippen LogP contribution is -2.18. The van der Waals surface area contributed by atoms with Gasteiger partial charge in [-0.1, -0.05) is 13.8 Å². The number of rotatable bonds is 1. The molecule has 2 heteroatoms. The molecular weight excluding hydrogens is 131 g/mol. The fraction of sp³-hybridized carbons (Fsp3) is 1.00. The summed E-state index contributed by atoms with van der Waals surface area (Å²) in [6.45, 7) is 5.76. The highest BCUT2D eigenvalue weighted by molar-refractivity contribution is 4.84. The number of hydrogen-bond donors (Lipinski definition) is 0. The van der Waals surface area contributed by atoms with Crippen molar-refractivity contribution in [3.8, 4) is 0 Å². The summed E-state index contributed by atoms with van der Waals surface area (Å²) < 4.78 is 18.4. The average Bonchev–Trinajstić information content (AvgIpc) is 2.17. The Morgan fingerprint density at radius 3 is 2.20 bits per heavy atom. The van der Waals surface area contributed by atoms with Crippen LogP contribution in [0.5, 0.6) is 0 Å². The Morgan fingerprint density at radius 2 is 2.00 bits per heavy atom. The van der Waals surface area contributed by atoms with Crippen molar-refractivity contribution >= 4 is 0 Å². The minimum atomic E-state index is -0.759. The quantitative estimate of drug-likeness (QED) is 0.550. The van der Waals surface area contributed by atoms with Crippen LogP contribution in [-0.2, 0) is 4.74 Å². The van der Waals surface area contributed by atoms with Crippen LogP contribution in [0.1, 0.15) is 27.2 Å². The van der Waals surface area contributed by atoms with E-state index in [1.165, 1.54) is 0 Å². The van der Waals surface area contributed by atoms with Crippen molar-refractivity contribution in [3.63, 3.8) is 0 Å². The molecule has 0 aliphatic carbocycles. The van der Waals surface area contributed by atoms with Crippen LogP contribution in [0, 0.1) is 5.92 Å². The minimum Gasteiger partial charge on any atom is -0.372 e. The molecule has 0 aromatic heterocycles. The van der Waals surface area contributed by atoms with E-state index in [-0.39, 0.29) is 18.1 Å². The van der Waals surface area contributed by atoms with E-state index in [0.29, 0.717) is 0 Å². The minimum absolute atomic E-state index is 0.0833. The second-order valence-electron chi connectivity index (χ2n) is 3.09. The molecule has 1 saturated heterocycles. The molecule has 1 unspecified atom stereocenters. The summed E-state index contributed by atoms with van der Waals surface area (Å²) in [5, 5.41) is 0. The smallest absolute Gasteiger partial charge is 0.131 e. The van der Waals surface area contributed by atoms with Crippen LogP contribution < -0.4 is 0 Å². The molecule has 0 spiro atoms. The van der Waals surface area contributed by atoms with Gasteiger partial charge in [0.15, 0.2) is 0 Å². The van der Waals surface area contributed by atoms with Gasteiger partial charge < -0.3 is 4.74 Å². The van der Waals surface area contributed by atoms with Crippen LogP contribution in [0.2, 0.25) is 0 Å². The van der Waals surface area contributed by atoms with Crippen LogP contribution in [-0.4, -0.2) is 18.4 Å². The Bertz CT molecular complexity index is 116. The number of halogens is 1. The maximum absolute atomic E-state index is 13.0. The van der Waals surface area contributed by atoms with Gasteiger partial charge in [0.2, 0.25) is 0 Å². The van der Waals surface area contributed by atoms with Crippen molar-refractivity contribution in [2.24, 2.45) is 5.92 Å². The Kier molecular flexibility index (Phi) is 2.29. The van der Waals surface area contributed by atoms with Gasteiger partial charge in [0.05, 0.1) is 12.2 Å². The average molecular weight is 146 g/mol. The monoisotopic (exact) mass is 146 g/mol. The largest absolute Gasteiger partial charge is 0.372 e. The molecule has 1 fully saturated rings. The lowest BCUT2D eigenvalue weighted by atomic mass is 9.99. The molecule has 10 heavy (non-hydrogen) atoms. The molecule has 1 aliphatic heterocycles. The highest BCUT2D eigenvalue weighted by atomic mass is 19.1. The Labute approximate surface area is 61.6 Å². The molecular formula is C8H15FO. The van der Waals surface area contributed by atoms with Crippen LogP contribution in [0.4, 0.5) is 4.39 Å². The van der Waals surface area contributed by atoms with Gasteiger partial charge in [-0.2, -0.15) is 0 Å². The van der Waals surface area contributed by atoms with Crippen molar-refractivity contribution in [1.82, 2.24) is 0 Å². The van der Waals surface area contributed by atoms with Gasteiger partial charge in [-0.05, 0) is 13.3 Å². The van der Waals surface area contributed by atoms with Crippen LogP contribution in [0.25, 0.3) is 0 Å². The maximum Gasteiger partial charge on any atom is 0.131 e. The first-order valence-electron chi connectivity index (χ1n) is 3.96. The number of hydrogen-bond acceptors (Lipinski definition) is 1. The normalized spacial score (nSPS) is 48.0. The lowest BCUT2D eigenvalue weighted by molar-refractivity contribution is 0.0349. The van der Waals surface area contributed by atoms with Gasteiger partial charge in [0.25, 0.3) is 0 Å². The third-order valence-electron chi connectivity index (χ3n) is 2.33. The SMILES string of the molecule is CC[C@H]1O[C@@H](C)[C@@H](F)C1C. The summed E-state index contributed by atoms with van der Waals surface area (Å²) in [5.74, 6) is 0.0833. The van der Waals surface area contributed by atoms with Gasteiger partial charge >= 0.3 is 0 Å². The lowest BCUT2D eigenvalue weighted by Gasteiger charge is -2.10. The van der Waals surface area contributed by atoms with E-state index >= 15 is 0 Å². The second kappa shape index (κ2) is 2.87. The van der Waals surface area contributed by atoms with Gasteiger partial charge in [-0.15, -0.1) is 0 Å². The summed E-state index contributed by atoms with van der Waals surface area (Å²) in [6, 6.07) is 0. The van der Waals surface area contributed by atoms with Gasteiger partial charge in [0.1, 0.15) is 6.17 Å². The molecule has 4 atom stereocenters. The number of ether oxygens (including phenoxy) is 1. The highest BCUT2D eigenvalue weighted by Crippen LogP contribution is 2.30. The Balaban J connectivity index is 2.53. The topological polar surface area (TPSA) is 9.23 Å². The first-order valence-corrected chi connectivity index (χ1v) is 3.96. The summed E-state index contributed by atoms with van der Waals surface area (Å²) >= 11 is 0. The summed E-state index contributed by atoms with van der Waals surface area (Å²) in [6.07, 6.45) is 0.112. The molecule has 1 heterocycles. The molecule has 1 aliphatic rings. The molecule has 0 radical (unpaired) electrons. The van der Waals surface area contributed by atoms with E-state index in [9.17, 15) is 4.39 Å². The van der Waals surface area contributed by atoms with Crippen molar-refractivity contribution in [2.75, 3.05) is 0 Å². The van der Waals surface area contributed by atoms with Crippen molar-refractivity contribution in [2.45, 2.75) is 45.6 Å². The van der Waals surface area contributed by atoms with E-state index in [0.717, 1.165) is 6.42 Å². The molecule has 0 aromatic rings. The standard InChI is InChI=1S/C8H15FO/c1-4-7-5(2)8(9)6(3)10-7/h5-8H,4H2,1-3H3/t5?,6-,7+,8-/m0/s1. The zero-order valence-electron chi connectivity index (χ0n) is 6.80. The van der Waals surface area contributed by atoms with Gasteiger partial charge in [0, 0.05) is 5.92 Å². The molecule has 1 rings (SSSR count). The Hall–Kier alpha value is -0.110. The van der Waals surface area contributed by atoms with E-state index in [2.05, 4.69) is 0 Å². The Morgan fingerprint density at radius 1 is 1.40 bits per heavy atom. The summed E-state index contributed by atoms with van der Waals surface area (Å²) in [7, 11) is 0. The molecule has 0 bridgehead atoms. The predicted octanol–water partition coefficient (Wildman–Crippen LogP) is 2.16. The zero-order chi connectivity index (χ0) is 7.72. The van der Waals surface area contributed by atoms with Crippen LogP contribution in [0.3, 0.4) is 0 Å². The number of alkyl halides is 1. The van der Waals surface area contributed by atoms with E-state index in [4.69, 9.17) is 4.74 Å². The van der Waals surface area contributed by atoms with E-state index in [1.54, 1.807) is 6.92 Å². The van der Waals surface area contributed by atoms with Crippen LogP contribution in [0.15, 0.2) is 0 Å².